The third-order valence-electron chi connectivity index (χ3n) is 2.46. The molecule has 0 heterocycles. The van der Waals surface area contributed by atoms with E-state index in [1.165, 1.54) is 0 Å². The van der Waals surface area contributed by atoms with Crippen LogP contribution in [-0.2, 0) is 20.6 Å². The summed E-state index contributed by atoms with van der Waals surface area (Å²) in [5.74, 6) is -0.984. The Morgan fingerprint density at radius 2 is 1.44 bits per heavy atom. The Kier molecular flexibility index (Phi) is 6.86. The Bertz CT molecular complexity index is 338. The van der Waals surface area contributed by atoms with Gasteiger partial charge in [0.25, 0.3) is 5.97 Å². The van der Waals surface area contributed by atoms with Crippen LogP contribution >= 0.6 is 15.9 Å². The third kappa shape index (κ3) is 4.35. The number of hydrogen-bond acceptors (Lipinski definition) is 3. The molecule has 0 aliphatic carbocycles. The maximum atomic E-state index is 5.70. The summed E-state index contributed by atoms with van der Waals surface area (Å²) in [5.41, 5.74) is 1.10. The fraction of sp³-hybridized carbons (Fsp3) is 0.571. The predicted molar refractivity (Wildman–Crippen MR) is 75.5 cm³/mol. The van der Waals surface area contributed by atoms with Crippen LogP contribution in [0.2, 0.25) is 0 Å². The van der Waals surface area contributed by atoms with Crippen LogP contribution in [0.25, 0.3) is 0 Å². The van der Waals surface area contributed by atoms with Crippen molar-refractivity contribution in [1.29, 1.82) is 0 Å². The molecule has 102 valence electrons. The molecule has 0 radical (unpaired) electrons. The van der Waals surface area contributed by atoms with Crippen LogP contribution in [0.15, 0.2) is 28.7 Å². The molecule has 18 heavy (non-hydrogen) atoms. The van der Waals surface area contributed by atoms with E-state index in [-0.39, 0.29) is 0 Å². The number of halogens is 1. The molecular formula is C14H21BrO3. The Hall–Kier alpha value is -0.420. The zero-order valence-corrected chi connectivity index (χ0v) is 12.8. The first-order valence-corrected chi connectivity index (χ1v) is 7.12. The second-order valence-electron chi connectivity index (χ2n) is 3.75. The van der Waals surface area contributed by atoms with Crippen LogP contribution in [0, 0.1) is 0 Å². The summed E-state index contributed by atoms with van der Waals surface area (Å²) in [5, 5.41) is 0. The van der Waals surface area contributed by atoms with Crippen molar-refractivity contribution < 1.29 is 14.2 Å². The third-order valence-corrected chi connectivity index (χ3v) is 3.23. The molecule has 0 saturated carbocycles. The van der Waals surface area contributed by atoms with Crippen LogP contribution in [0.4, 0.5) is 0 Å². The molecule has 0 N–H and O–H groups in total. The van der Waals surface area contributed by atoms with Gasteiger partial charge < -0.3 is 14.2 Å². The maximum Gasteiger partial charge on any atom is 0.287 e. The topological polar surface area (TPSA) is 27.7 Å². The molecule has 1 aromatic carbocycles. The highest BCUT2D eigenvalue weighted by molar-refractivity contribution is 9.10. The van der Waals surface area contributed by atoms with Gasteiger partial charge in [-0.25, -0.2) is 0 Å². The minimum Gasteiger partial charge on any atom is -0.327 e. The lowest BCUT2D eigenvalue weighted by Gasteiger charge is -2.32. The van der Waals surface area contributed by atoms with Crippen LogP contribution in [0.3, 0.4) is 0 Å². The molecule has 1 rings (SSSR count). The van der Waals surface area contributed by atoms with Gasteiger partial charge in [-0.3, -0.25) is 0 Å². The van der Waals surface area contributed by atoms with Gasteiger partial charge in [-0.05, 0) is 32.4 Å². The van der Waals surface area contributed by atoms with Crippen LogP contribution in [-0.4, -0.2) is 25.8 Å². The zero-order valence-electron chi connectivity index (χ0n) is 11.2. The minimum absolute atomic E-state index is 0.546. The first-order valence-electron chi connectivity index (χ1n) is 6.32. The van der Waals surface area contributed by atoms with Crippen molar-refractivity contribution in [3.63, 3.8) is 0 Å². The van der Waals surface area contributed by atoms with Crippen molar-refractivity contribution >= 4 is 15.9 Å². The van der Waals surface area contributed by atoms with E-state index in [4.69, 9.17) is 14.2 Å². The highest BCUT2D eigenvalue weighted by Gasteiger charge is 2.33. The van der Waals surface area contributed by atoms with Crippen molar-refractivity contribution in [3.05, 3.63) is 34.3 Å². The maximum absolute atomic E-state index is 5.70. The molecular weight excluding hydrogens is 296 g/mol. The molecule has 0 amide bonds. The number of hydrogen-bond donors (Lipinski definition) is 0. The SMILES string of the molecule is CCOC(Cc1ccccc1Br)(OCC)OCC. The summed E-state index contributed by atoms with van der Waals surface area (Å²) in [6, 6.07) is 8.02. The van der Waals surface area contributed by atoms with Crippen LogP contribution in [0.5, 0.6) is 0 Å². The smallest absolute Gasteiger partial charge is 0.287 e. The summed E-state index contributed by atoms with van der Waals surface area (Å²) in [6.07, 6.45) is 0.559. The van der Waals surface area contributed by atoms with Crippen molar-refractivity contribution in [2.75, 3.05) is 19.8 Å². The molecule has 0 aromatic heterocycles. The average molecular weight is 317 g/mol. The predicted octanol–water partition coefficient (Wildman–Crippen LogP) is 3.75. The van der Waals surface area contributed by atoms with Crippen LogP contribution in [0.1, 0.15) is 26.3 Å². The number of ether oxygens (including phenoxy) is 3. The number of rotatable bonds is 8. The van der Waals surface area contributed by atoms with Gasteiger partial charge >= 0.3 is 0 Å². The summed E-state index contributed by atoms with van der Waals surface area (Å²) in [7, 11) is 0. The Morgan fingerprint density at radius 1 is 0.944 bits per heavy atom. The Balaban J connectivity index is 2.91. The van der Waals surface area contributed by atoms with Gasteiger partial charge in [-0.1, -0.05) is 34.1 Å². The highest BCUT2D eigenvalue weighted by Crippen LogP contribution is 2.26. The molecule has 0 saturated heterocycles. The van der Waals surface area contributed by atoms with E-state index in [0.29, 0.717) is 26.2 Å². The van der Waals surface area contributed by atoms with Crippen molar-refractivity contribution in [2.24, 2.45) is 0 Å². The van der Waals surface area contributed by atoms with Gasteiger partial charge in [0, 0.05) is 24.3 Å². The lowest BCUT2D eigenvalue weighted by molar-refractivity contribution is -0.376. The second-order valence-corrected chi connectivity index (χ2v) is 4.60. The van der Waals surface area contributed by atoms with Crippen molar-refractivity contribution in [2.45, 2.75) is 33.2 Å². The van der Waals surface area contributed by atoms with E-state index < -0.39 is 5.97 Å². The normalized spacial score (nSPS) is 11.8. The fourth-order valence-corrected chi connectivity index (χ4v) is 2.24. The fourth-order valence-electron chi connectivity index (χ4n) is 1.81. The molecule has 1 aromatic rings. The summed E-state index contributed by atoms with van der Waals surface area (Å²) >= 11 is 3.54. The molecule has 0 unspecified atom stereocenters. The largest absolute Gasteiger partial charge is 0.327 e. The minimum atomic E-state index is -0.984. The van der Waals surface area contributed by atoms with Gasteiger partial charge in [-0.15, -0.1) is 0 Å². The van der Waals surface area contributed by atoms with Gasteiger partial charge in [0.2, 0.25) is 0 Å². The monoisotopic (exact) mass is 316 g/mol. The van der Waals surface area contributed by atoms with E-state index in [2.05, 4.69) is 15.9 Å². The first kappa shape index (κ1) is 15.6. The quantitative estimate of drug-likeness (QED) is 0.683. The van der Waals surface area contributed by atoms with Gasteiger partial charge in [-0.2, -0.15) is 0 Å². The van der Waals surface area contributed by atoms with E-state index >= 15 is 0 Å². The van der Waals surface area contributed by atoms with Crippen molar-refractivity contribution in [1.82, 2.24) is 0 Å². The molecule has 0 bridgehead atoms. The zero-order chi connectivity index (χ0) is 13.4. The lowest BCUT2D eigenvalue weighted by atomic mass is 10.1. The summed E-state index contributed by atoms with van der Waals surface area (Å²) < 4.78 is 18.1. The number of benzene rings is 1. The first-order chi connectivity index (χ1) is 8.67. The van der Waals surface area contributed by atoms with Crippen LogP contribution < -0.4 is 0 Å². The Labute approximate surface area is 118 Å². The molecule has 4 heteroatoms. The van der Waals surface area contributed by atoms with Gasteiger partial charge in [0.1, 0.15) is 0 Å². The van der Waals surface area contributed by atoms with Gasteiger partial charge in [0.05, 0.1) is 6.42 Å². The molecule has 0 spiro atoms. The highest BCUT2D eigenvalue weighted by atomic mass is 79.9. The molecule has 0 aliphatic rings. The van der Waals surface area contributed by atoms with Gasteiger partial charge in [0.15, 0.2) is 0 Å². The summed E-state index contributed by atoms with van der Waals surface area (Å²) in [4.78, 5) is 0. The molecule has 0 fully saturated rings. The van der Waals surface area contributed by atoms with E-state index in [0.717, 1.165) is 10.0 Å². The lowest BCUT2D eigenvalue weighted by Crippen LogP contribution is -2.41. The molecule has 0 aliphatic heterocycles. The molecule has 0 atom stereocenters. The average Bonchev–Trinajstić information content (AvgIpc) is 2.33. The van der Waals surface area contributed by atoms with E-state index in [1.807, 2.05) is 45.0 Å². The van der Waals surface area contributed by atoms with E-state index in [9.17, 15) is 0 Å². The van der Waals surface area contributed by atoms with E-state index in [1.54, 1.807) is 0 Å². The molecule has 3 nitrogen and oxygen atoms in total. The van der Waals surface area contributed by atoms with Crippen molar-refractivity contribution in [3.8, 4) is 0 Å². The Morgan fingerprint density at radius 3 is 1.89 bits per heavy atom. The summed E-state index contributed by atoms with van der Waals surface area (Å²) in [6.45, 7) is 7.45. The second kappa shape index (κ2) is 7.89. The standard InChI is InChI=1S/C14H21BrO3/c1-4-16-14(17-5-2,18-6-3)11-12-9-7-8-10-13(12)15/h7-10H,4-6,11H2,1-3H3.